The lowest BCUT2D eigenvalue weighted by molar-refractivity contribution is -0.384. The predicted molar refractivity (Wildman–Crippen MR) is 101 cm³/mol. The Bertz CT molecular complexity index is 1220. The molecule has 2 aromatic carbocycles. The normalized spacial score (nSPS) is 11.2. The molecule has 150 valence electrons. The van der Waals surface area contributed by atoms with Crippen molar-refractivity contribution in [2.45, 2.75) is 4.90 Å². The maximum Gasteiger partial charge on any atom is 0.348 e. The second-order valence-electron chi connectivity index (χ2n) is 5.64. The largest absolute Gasteiger partial charge is 0.477 e. The number of benzene rings is 2. The average Bonchev–Trinajstić information content (AvgIpc) is 3.04. The van der Waals surface area contributed by atoms with Crippen LogP contribution in [0.2, 0.25) is 0 Å². The molecule has 12 heteroatoms. The molecule has 1 heterocycles. The van der Waals surface area contributed by atoms with Crippen LogP contribution in [-0.4, -0.2) is 24.4 Å². The first-order valence-corrected chi connectivity index (χ1v) is 9.98. The lowest BCUT2D eigenvalue weighted by atomic mass is 10.1. The molecule has 8 nitrogen and oxygen atoms in total. The Labute approximate surface area is 166 Å². The zero-order chi connectivity index (χ0) is 21.3. The van der Waals surface area contributed by atoms with Gasteiger partial charge in [0.05, 0.1) is 10.6 Å². The molecule has 3 rings (SSSR count). The smallest absolute Gasteiger partial charge is 0.348 e. The van der Waals surface area contributed by atoms with E-state index in [4.69, 9.17) is 0 Å². The molecule has 3 aromatic rings. The third-order valence-corrected chi connectivity index (χ3v) is 6.29. The number of carbonyl (C=O) groups is 1. The van der Waals surface area contributed by atoms with Crippen LogP contribution in [0.15, 0.2) is 53.4 Å². The van der Waals surface area contributed by atoms with E-state index in [1.54, 1.807) is 0 Å². The number of sulfonamides is 1. The van der Waals surface area contributed by atoms with Gasteiger partial charge in [-0.15, -0.1) is 11.3 Å². The van der Waals surface area contributed by atoms with Crippen molar-refractivity contribution in [2.75, 3.05) is 4.72 Å². The fraction of sp³-hybridized carbons (Fsp3) is 0. The number of aromatic carboxylic acids is 1. The van der Waals surface area contributed by atoms with Crippen LogP contribution in [0.5, 0.6) is 0 Å². The van der Waals surface area contributed by atoms with E-state index < -0.39 is 37.4 Å². The van der Waals surface area contributed by atoms with Gasteiger partial charge in [-0.2, -0.15) is 0 Å². The van der Waals surface area contributed by atoms with E-state index in [0.717, 1.165) is 23.5 Å². The van der Waals surface area contributed by atoms with Crippen LogP contribution in [-0.2, 0) is 10.0 Å². The summed E-state index contributed by atoms with van der Waals surface area (Å²) in [5.74, 6) is -3.73. The summed E-state index contributed by atoms with van der Waals surface area (Å²) in [6.45, 7) is 0. The van der Waals surface area contributed by atoms with Crippen molar-refractivity contribution in [3.05, 3.63) is 75.2 Å². The van der Waals surface area contributed by atoms with Crippen molar-refractivity contribution in [3.63, 3.8) is 0 Å². The van der Waals surface area contributed by atoms with E-state index in [1.807, 2.05) is 4.72 Å². The molecule has 2 N–H and O–H groups in total. The molecule has 0 aliphatic rings. The number of nitrogens with one attached hydrogen (secondary N) is 1. The summed E-state index contributed by atoms with van der Waals surface area (Å²) < 4.78 is 53.8. The summed E-state index contributed by atoms with van der Waals surface area (Å²) in [7, 11) is -4.54. The summed E-state index contributed by atoms with van der Waals surface area (Å²) >= 11 is 0.727. The Morgan fingerprint density at radius 1 is 1.10 bits per heavy atom. The molecule has 0 saturated carbocycles. The highest BCUT2D eigenvalue weighted by Gasteiger charge is 2.24. The van der Waals surface area contributed by atoms with Crippen molar-refractivity contribution in [1.29, 1.82) is 0 Å². The van der Waals surface area contributed by atoms with Gasteiger partial charge >= 0.3 is 5.97 Å². The van der Waals surface area contributed by atoms with Gasteiger partial charge in [0, 0.05) is 23.1 Å². The fourth-order valence-corrected chi connectivity index (χ4v) is 4.55. The van der Waals surface area contributed by atoms with Crippen LogP contribution in [0.1, 0.15) is 9.67 Å². The SMILES string of the molecule is O=C(O)c1sc(-c2ccc([N+](=O)[O-])cc2)cc1NS(=O)(=O)c1ccc(F)cc1F. The van der Waals surface area contributed by atoms with Crippen LogP contribution in [0.4, 0.5) is 20.2 Å². The number of anilines is 1. The van der Waals surface area contributed by atoms with E-state index in [-0.39, 0.29) is 16.3 Å². The standard InChI is InChI=1S/C17H10F2N2O6S2/c18-10-3-6-15(12(19)7-10)29(26,27)20-13-8-14(28-16(13)17(22)23)9-1-4-11(5-2-9)21(24)25/h1-8,20H,(H,22,23). The minimum absolute atomic E-state index is 0.170. The van der Waals surface area contributed by atoms with E-state index in [1.165, 1.54) is 30.3 Å². The van der Waals surface area contributed by atoms with Gasteiger partial charge in [0.15, 0.2) is 0 Å². The molecule has 0 amide bonds. The van der Waals surface area contributed by atoms with Crippen LogP contribution < -0.4 is 4.72 Å². The van der Waals surface area contributed by atoms with Gasteiger partial charge in [0.1, 0.15) is 21.4 Å². The number of hydrogen-bond donors (Lipinski definition) is 2. The Morgan fingerprint density at radius 2 is 1.76 bits per heavy atom. The third-order valence-electron chi connectivity index (χ3n) is 3.72. The molecule has 0 spiro atoms. The van der Waals surface area contributed by atoms with Crippen LogP contribution in [0, 0.1) is 21.7 Å². The highest BCUT2D eigenvalue weighted by molar-refractivity contribution is 7.92. The van der Waals surface area contributed by atoms with Gasteiger partial charge in [-0.1, -0.05) is 0 Å². The summed E-state index contributed by atoms with van der Waals surface area (Å²) in [4.78, 5) is 20.7. The van der Waals surface area contributed by atoms with Gasteiger partial charge in [-0.3, -0.25) is 14.8 Å². The average molecular weight is 440 g/mol. The number of nitro benzene ring substituents is 1. The first-order chi connectivity index (χ1) is 13.6. The van der Waals surface area contributed by atoms with Crippen molar-refractivity contribution < 1.29 is 32.0 Å². The van der Waals surface area contributed by atoms with Crippen molar-refractivity contribution in [2.24, 2.45) is 0 Å². The molecule has 0 aliphatic heterocycles. The molecule has 0 saturated heterocycles. The molecular weight excluding hydrogens is 430 g/mol. The highest BCUT2D eigenvalue weighted by Crippen LogP contribution is 2.36. The van der Waals surface area contributed by atoms with Crippen LogP contribution >= 0.6 is 11.3 Å². The number of halogens is 2. The molecule has 29 heavy (non-hydrogen) atoms. The van der Waals surface area contributed by atoms with Gasteiger partial charge in [-0.05, 0) is 35.9 Å². The monoisotopic (exact) mass is 440 g/mol. The summed E-state index contributed by atoms with van der Waals surface area (Å²) in [6.07, 6.45) is 0. The Hall–Kier alpha value is -3.38. The van der Waals surface area contributed by atoms with Gasteiger partial charge in [0.25, 0.3) is 15.7 Å². The second-order valence-corrected chi connectivity index (χ2v) is 8.35. The van der Waals surface area contributed by atoms with Crippen LogP contribution in [0.25, 0.3) is 10.4 Å². The maximum absolute atomic E-state index is 13.9. The Morgan fingerprint density at radius 3 is 2.31 bits per heavy atom. The van der Waals surface area contributed by atoms with E-state index in [0.29, 0.717) is 16.5 Å². The number of non-ortho nitro benzene ring substituents is 1. The zero-order valence-corrected chi connectivity index (χ0v) is 15.8. The van der Waals surface area contributed by atoms with Crippen molar-refractivity contribution >= 4 is 38.7 Å². The predicted octanol–water partition coefficient (Wildman–Crippen LogP) is 4.10. The quantitative estimate of drug-likeness (QED) is 0.439. The van der Waals surface area contributed by atoms with E-state index >= 15 is 0 Å². The Kier molecular flexibility index (Phi) is 5.31. The topological polar surface area (TPSA) is 127 Å². The fourth-order valence-electron chi connectivity index (χ4n) is 2.41. The first kappa shape index (κ1) is 20.4. The summed E-state index contributed by atoms with van der Waals surface area (Å²) in [5, 5.41) is 20.1. The minimum Gasteiger partial charge on any atom is -0.477 e. The van der Waals surface area contributed by atoms with Crippen molar-refractivity contribution in [3.8, 4) is 10.4 Å². The molecule has 0 aliphatic carbocycles. The lowest BCUT2D eigenvalue weighted by Gasteiger charge is -2.08. The summed E-state index contributed by atoms with van der Waals surface area (Å²) in [5.41, 5.74) is -0.0717. The number of hydrogen-bond acceptors (Lipinski definition) is 6. The number of nitrogens with zero attached hydrogens (tertiary/aromatic N) is 1. The van der Waals surface area contributed by atoms with Crippen LogP contribution in [0.3, 0.4) is 0 Å². The molecule has 0 unspecified atom stereocenters. The van der Waals surface area contributed by atoms with Gasteiger partial charge in [-0.25, -0.2) is 22.0 Å². The minimum atomic E-state index is -4.54. The van der Waals surface area contributed by atoms with Gasteiger partial charge in [0.2, 0.25) is 0 Å². The molecular formula is C17H10F2N2O6S2. The lowest BCUT2D eigenvalue weighted by Crippen LogP contribution is -2.16. The molecule has 0 fully saturated rings. The zero-order valence-electron chi connectivity index (χ0n) is 14.1. The third kappa shape index (κ3) is 4.22. The van der Waals surface area contributed by atoms with Gasteiger partial charge < -0.3 is 5.11 Å². The summed E-state index contributed by atoms with van der Waals surface area (Å²) in [6, 6.07) is 8.28. The molecule has 1 aromatic heterocycles. The number of rotatable bonds is 6. The molecule has 0 radical (unpaired) electrons. The number of thiophene rings is 1. The van der Waals surface area contributed by atoms with E-state index in [9.17, 15) is 37.2 Å². The number of carboxylic acids is 1. The number of nitro groups is 1. The van der Waals surface area contributed by atoms with Crippen molar-refractivity contribution in [1.82, 2.24) is 0 Å². The molecule has 0 atom stereocenters. The highest BCUT2D eigenvalue weighted by atomic mass is 32.2. The maximum atomic E-state index is 13.9. The second kappa shape index (κ2) is 7.56. The first-order valence-electron chi connectivity index (χ1n) is 7.68. The molecule has 0 bridgehead atoms. The van der Waals surface area contributed by atoms with E-state index in [2.05, 4.69) is 0 Å². The Balaban J connectivity index is 2.01. The number of carboxylic acid groups (broad SMARTS) is 1.